The molecule has 1 atom stereocenters. The van der Waals surface area contributed by atoms with Crippen LogP contribution in [0.4, 0.5) is 0 Å². The summed E-state index contributed by atoms with van der Waals surface area (Å²) in [6.45, 7) is 5.41. The molecule has 0 aliphatic heterocycles. The molecular formula is C12H20ClN3O. The first-order valence-corrected chi connectivity index (χ1v) is 6.42. The van der Waals surface area contributed by atoms with Gasteiger partial charge in [0.2, 0.25) is 0 Å². The van der Waals surface area contributed by atoms with Gasteiger partial charge in [0, 0.05) is 13.0 Å². The molecule has 0 saturated heterocycles. The molecule has 0 bridgehead atoms. The Morgan fingerprint density at radius 3 is 2.94 bits per heavy atom. The molecule has 0 radical (unpaired) electrons. The van der Waals surface area contributed by atoms with Crippen molar-refractivity contribution in [1.29, 1.82) is 0 Å². The van der Waals surface area contributed by atoms with Crippen LogP contribution in [0, 0.1) is 5.92 Å². The Bertz CT molecular complexity index is 376. The van der Waals surface area contributed by atoms with Gasteiger partial charge in [-0.15, -0.1) is 0 Å². The fourth-order valence-corrected chi connectivity index (χ4v) is 1.88. The summed E-state index contributed by atoms with van der Waals surface area (Å²) in [5.41, 5.74) is 6.07. The smallest absolute Gasteiger partial charge is 0.182 e. The molecule has 0 aromatic carbocycles. The zero-order chi connectivity index (χ0) is 12.8. The van der Waals surface area contributed by atoms with Gasteiger partial charge >= 0.3 is 0 Å². The summed E-state index contributed by atoms with van der Waals surface area (Å²) in [6.07, 6.45) is 3.74. The Labute approximate surface area is 107 Å². The number of nitrogens with two attached hydrogens (primary N) is 1. The lowest BCUT2D eigenvalue weighted by Crippen LogP contribution is -2.15. The van der Waals surface area contributed by atoms with E-state index in [-0.39, 0.29) is 5.78 Å². The van der Waals surface area contributed by atoms with Gasteiger partial charge in [-0.05, 0) is 25.3 Å². The Morgan fingerprint density at radius 1 is 1.65 bits per heavy atom. The molecule has 96 valence electrons. The highest BCUT2D eigenvalue weighted by Gasteiger charge is 2.17. The number of nitrogens with zero attached hydrogens (tertiary/aromatic N) is 2. The number of Topliss-reactive ketones (excluding diaryl/α,β-unsaturated/α-hetero) is 1. The van der Waals surface area contributed by atoms with Crippen LogP contribution in [0.1, 0.15) is 43.6 Å². The number of hydrogen-bond donors (Lipinski definition) is 1. The summed E-state index contributed by atoms with van der Waals surface area (Å²) >= 11 is 6.00. The quantitative estimate of drug-likeness (QED) is 0.764. The van der Waals surface area contributed by atoms with Gasteiger partial charge in [0.05, 0.1) is 11.2 Å². The van der Waals surface area contributed by atoms with Crippen molar-refractivity contribution in [1.82, 2.24) is 9.78 Å². The summed E-state index contributed by atoms with van der Waals surface area (Å²) < 4.78 is 1.69. The molecule has 1 heterocycles. The van der Waals surface area contributed by atoms with Gasteiger partial charge < -0.3 is 5.73 Å². The van der Waals surface area contributed by atoms with Crippen molar-refractivity contribution < 1.29 is 4.79 Å². The zero-order valence-electron chi connectivity index (χ0n) is 10.4. The Morgan fingerprint density at radius 2 is 2.35 bits per heavy atom. The molecule has 1 unspecified atom stereocenters. The van der Waals surface area contributed by atoms with E-state index in [1.165, 1.54) is 6.20 Å². The standard InChI is InChI=1S/C12H20ClN3O/c1-3-6-16-12(10(13)8-15-16)11(17)5-4-9(2)7-14/h8-9H,3-7,14H2,1-2H3. The molecule has 0 spiro atoms. The lowest BCUT2D eigenvalue weighted by Gasteiger charge is -2.09. The Hall–Kier alpha value is -0.870. The third-order valence-corrected chi connectivity index (χ3v) is 3.04. The summed E-state index contributed by atoms with van der Waals surface area (Å²) in [5.74, 6) is 0.418. The van der Waals surface area contributed by atoms with Crippen molar-refractivity contribution in [3.8, 4) is 0 Å². The molecule has 0 aliphatic carbocycles. The van der Waals surface area contributed by atoms with E-state index in [2.05, 4.69) is 5.10 Å². The highest BCUT2D eigenvalue weighted by Crippen LogP contribution is 2.19. The van der Waals surface area contributed by atoms with Gasteiger partial charge in [-0.3, -0.25) is 9.48 Å². The van der Waals surface area contributed by atoms with Gasteiger partial charge in [0.25, 0.3) is 0 Å². The van der Waals surface area contributed by atoms with E-state index in [4.69, 9.17) is 17.3 Å². The number of aryl methyl sites for hydroxylation is 1. The monoisotopic (exact) mass is 257 g/mol. The number of carbonyl (C=O) groups excluding carboxylic acids is 1. The molecule has 4 nitrogen and oxygen atoms in total. The van der Waals surface area contributed by atoms with Crippen LogP contribution < -0.4 is 5.73 Å². The van der Waals surface area contributed by atoms with E-state index in [0.717, 1.165) is 19.4 Å². The van der Waals surface area contributed by atoms with Crippen molar-refractivity contribution >= 4 is 17.4 Å². The summed E-state index contributed by atoms with van der Waals surface area (Å²) in [5, 5.41) is 4.56. The fourth-order valence-electron chi connectivity index (χ4n) is 1.63. The number of ketones is 1. The largest absolute Gasteiger partial charge is 0.330 e. The Kier molecular flexibility index (Phi) is 5.65. The van der Waals surface area contributed by atoms with Crippen LogP contribution in [0.5, 0.6) is 0 Å². The highest BCUT2D eigenvalue weighted by molar-refractivity contribution is 6.33. The van der Waals surface area contributed by atoms with Crippen LogP contribution in [0.2, 0.25) is 5.02 Å². The van der Waals surface area contributed by atoms with E-state index in [9.17, 15) is 4.79 Å². The molecular weight excluding hydrogens is 238 g/mol. The first kappa shape index (κ1) is 14.2. The second-order valence-electron chi connectivity index (χ2n) is 4.37. The van der Waals surface area contributed by atoms with E-state index in [1.807, 2.05) is 13.8 Å². The number of halogens is 1. The van der Waals surface area contributed by atoms with Crippen molar-refractivity contribution in [2.75, 3.05) is 6.54 Å². The summed E-state index contributed by atoms with van der Waals surface area (Å²) in [6, 6.07) is 0. The first-order chi connectivity index (χ1) is 8.10. The molecule has 0 aliphatic rings. The molecule has 2 N–H and O–H groups in total. The van der Waals surface area contributed by atoms with E-state index in [0.29, 0.717) is 29.6 Å². The normalized spacial score (nSPS) is 12.7. The predicted octanol–water partition coefficient (Wildman–Crippen LogP) is 2.50. The minimum atomic E-state index is 0.0567. The average Bonchev–Trinajstić information content (AvgIpc) is 2.67. The van der Waals surface area contributed by atoms with Crippen molar-refractivity contribution in [2.45, 2.75) is 39.7 Å². The van der Waals surface area contributed by atoms with Crippen LogP contribution in [0.15, 0.2) is 6.20 Å². The maximum Gasteiger partial charge on any atom is 0.182 e. The van der Waals surface area contributed by atoms with Gasteiger partial charge in [-0.1, -0.05) is 25.4 Å². The SMILES string of the molecule is CCCn1ncc(Cl)c1C(=O)CCC(C)CN. The number of hydrogen-bond acceptors (Lipinski definition) is 3. The van der Waals surface area contributed by atoms with Gasteiger partial charge in [0.1, 0.15) is 5.69 Å². The van der Waals surface area contributed by atoms with E-state index >= 15 is 0 Å². The lowest BCUT2D eigenvalue weighted by atomic mass is 10.0. The van der Waals surface area contributed by atoms with Crippen LogP contribution in [-0.4, -0.2) is 22.1 Å². The third-order valence-electron chi connectivity index (χ3n) is 2.76. The maximum atomic E-state index is 12.1. The first-order valence-electron chi connectivity index (χ1n) is 6.04. The number of carbonyl (C=O) groups is 1. The van der Waals surface area contributed by atoms with Crippen molar-refractivity contribution in [2.24, 2.45) is 11.7 Å². The Balaban J connectivity index is 2.70. The zero-order valence-corrected chi connectivity index (χ0v) is 11.2. The number of rotatable bonds is 7. The van der Waals surface area contributed by atoms with Crippen LogP contribution in [0.3, 0.4) is 0 Å². The molecule has 1 aromatic rings. The molecule has 1 rings (SSSR count). The predicted molar refractivity (Wildman–Crippen MR) is 69.3 cm³/mol. The van der Waals surface area contributed by atoms with Crippen LogP contribution >= 0.6 is 11.6 Å². The second-order valence-corrected chi connectivity index (χ2v) is 4.77. The van der Waals surface area contributed by atoms with Gasteiger partial charge in [-0.2, -0.15) is 5.10 Å². The molecule has 0 amide bonds. The minimum absolute atomic E-state index is 0.0567. The minimum Gasteiger partial charge on any atom is -0.330 e. The molecule has 17 heavy (non-hydrogen) atoms. The van der Waals surface area contributed by atoms with E-state index in [1.54, 1.807) is 4.68 Å². The molecule has 1 aromatic heterocycles. The fraction of sp³-hybridized carbons (Fsp3) is 0.667. The summed E-state index contributed by atoms with van der Waals surface area (Å²) in [7, 11) is 0. The third kappa shape index (κ3) is 3.82. The lowest BCUT2D eigenvalue weighted by molar-refractivity contribution is 0.0964. The van der Waals surface area contributed by atoms with Gasteiger partial charge in [-0.25, -0.2) is 0 Å². The maximum absolute atomic E-state index is 12.1. The average molecular weight is 258 g/mol. The molecule has 0 fully saturated rings. The van der Waals surface area contributed by atoms with Crippen LogP contribution in [0.25, 0.3) is 0 Å². The highest BCUT2D eigenvalue weighted by atomic mass is 35.5. The molecule has 5 heteroatoms. The second kappa shape index (κ2) is 6.77. The van der Waals surface area contributed by atoms with Crippen molar-refractivity contribution in [3.63, 3.8) is 0 Å². The topological polar surface area (TPSA) is 60.9 Å². The van der Waals surface area contributed by atoms with Gasteiger partial charge in [0.15, 0.2) is 5.78 Å². The number of aromatic nitrogens is 2. The summed E-state index contributed by atoms with van der Waals surface area (Å²) in [4.78, 5) is 12.1. The molecule has 0 saturated carbocycles. The van der Waals surface area contributed by atoms with Crippen LogP contribution in [-0.2, 0) is 6.54 Å². The van der Waals surface area contributed by atoms with Crippen molar-refractivity contribution in [3.05, 3.63) is 16.9 Å². The van der Waals surface area contributed by atoms with E-state index < -0.39 is 0 Å².